The van der Waals surface area contributed by atoms with Crippen molar-refractivity contribution in [1.82, 2.24) is 0 Å². The summed E-state index contributed by atoms with van der Waals surface area (Å²) in [5.74, 6) is 0. The van der Waals surface area contributed by atoms with Crippen LogP contribution in [0.25, 0.3) is 0 Å². The van der Waals surface area contributed by atoms with Crippen molar-refractivity contribution in [2.24, 2.45) is 0 Å². The smallest absolute Gasteiger partial charge is 0.371 e. The minimum atomic E-state index is -2.21. The minimum Gasteiger partial charge on any atom is -0.393 e. The van der Waals surface area contributed by atoms with Gasteiger partial charge in [-0.3, -0.25) is 0 Å². The third kappa shape index (κ3) is 4.85. The number of hydrogen-bond donors (Lipinski definition) is 0. The number of ether oxygens (including phenoxy) is 1. The molecule has 20 heavy (non-hydrogen) atoms. The third-order valence-corrected chi connectivity index (χ3v) is 8.44. The van der Waals surface area contributed by atoms with Crippen LogP contribution < -0.4 is 0 Å². The molecule has 1 unspecified atom stereocenters. The predicted molar refractivity (Wildman–Crippen MR) is 88.4 cm³/mol. The first-order chi connectivity index (χ1) is 9.61. The molecule has 1 aliphatic heterocycles. The van der Waals surface area contributed by atoms with Crippen LogP contribution in [0.15, 0.2) is 12.1 Å². The van der Waals surface area contributed by atoms with Gasteiger partial charge >= 0.3 is 8.56 Å². The number of hydrogen-bond acceptors (Lipinski definition) is 3. The molecule has 0 aliphatic carbocycles. The second-order valence-corrected chi connectivity index (χ2v) is 8.56. The summed E-state index contributed by atoms with van der Waals surface area (Å²) in [6.07, 6.45) is 4.57. The molecule has 1 rings (SSSR count). The lowest BCUT2D eigenvalue weighted by molar-refractivity contribution is -0.0426. The molecule has 0 amide bonds. The molecule has 0 aromatic carbocycles. The fraction of sp³-hybridized carbons (Fsp3) is 0.867. The quantitative estimate of drug-likeness (QED) is 0.631. The average molecular weight is 323 g/mol. The van der Waals surface area contributed by atoms with Crippen LogP contribution in [0.5, 0.6) is 0 Å². The normalized spacial score (nSPS) is 24.6. The summed E-state index contributed by atoms with van der Waals surface area (Å²) in [5, 5.41) is -0.119. The molecule has 0 bridgehead atoms. The summed E-state index contributed by atoms with van der Waals surface area (Å²) in [5.41, 5.74) is 1.22. The lowest BCUT2D eigenvalue weighted by Gasteiger charge is -2.49. The van der Waals surface area contributed by atoms with Crippen LogP contribution in [-0.4, -0.2) is 33.6 Å². The van der Waals surface area contributed by atoms with Crippen LogP contribution in [-0.2, 0) is 13.6 Å². The van der Waals surface area contributed by atoms with Crippen molar-refractivity contribution in [2.45, 2.75) is 64.6 Å². The molecule has 1 fully saturated rings. The second kappa shape index (κ2) is 10.8. The van der Waals surface area contributed by atoms with Gasteiger partial charge in [-0.15, -0.1) is 0 Å². The molecular formula is C15H31ClO3Si. The number of halogens is 1. The van der Waals surface area contributed by atoms with Crippen LogP contribution in [0.1, 0.15) is 53.4 Å². The molecule has 0 N–H and O–H groups in total. The fourth-order valence-electron chi connectivity index (χ4n) is 3.11. The zero-order valence-corrected chi connectivity index (χ0v) is 15.3. The van der Waals surface area contributed by atoms with E-state index in [0.29, 0.717) is 0 Å². The van der Waals surface area contributed by atoms with Crippen LogP contribution in [0.3, 0.4) is 0 Å². The van der Waals surface area contributed by atoms with Gasteiger partial charge in [-0.25, -0.2) is 0 Å². The molecule has 1 saturated heterocycles. The summed E-state index contributed by atoms with van der Waals surface area (Å²) < 4.78 is 18.5. The van der Waals surface area contributed by atoms with E-state index in [9.17, 15) is 0 Å². The van der Waals surface area contributed by atoms with Gasteiger partial charge in [0.15, 0.2) is 0 Å². The van der Waals surface area contributed by atoms with Crippen molar-refractivity contribution in [3.8, 4) is 0 Å². The maximum atomic E-state index is 6.16. The summed E-state index contributed by atoms with van der Waals surface area (Å²) in [7, 11) is -2.21. The SMILES string of the molecule is C=CCl.CCOC1(CC)CCCC[Si]1(OCC)OCC. The largest absolute Gasteiger partial charge is 0.393 e. The predicted octanol–water partition coefficient (Wildman–Crippen LogP) is 4.78. The van der Waals surface area contributed by atoms with E-state index in [2.05, 4.69) is 34.3 Å². The van der Waals surface area contributed by atoms with Gasteiger partial charge in [0.05, 0.1) is 0 Å². The Bertz CT molecular complexity index is 248. The fourth-order valence-corrected chi connectivity index (χ4v) is 7.57. The van der Waals surface area contributed by atoms with Gasteiger partial charge in [0.25, 0.3) is 0 Å². The van der Waals surface area contributed by atoms with E-state index < -0.39 is 8.56 Å². The van der Waals surface area contributed by atoms with Crippen LogP contribution >= 0.6 is 11.6 Å². The molecule has 0 aromatic heterocycles. The first kappa shape index (κ1) is 20.1. The summed E-state index contributed by atoms with van der Waals surface area (Å²) in [4.78, 5) is 0. The molecule has 5 heteroatoms. The summed E-state index contributed by atoms with van der Waals surface area (Å²) in [6, 6.07) is 1.09. The molecule has 120 valence electrons. The average Bonchev–Trinajstić information content (AvgIpc) is 2.43. The van der Waals surface area contributed by atoms with Crippen LogP contribution in [0, 0.1) is 0 Å². The van der Waals surface area contributed by atoms with Crippen molar-refractivity contribution >= 4 is 20.2 Å². The summed E-state index contributed by atoms with van der Waals surface area (Å²) in [6.45, 7) is 13.8. The molecule has 1 atom stereocenters. The van der Waals surface area contributed by atoms with Gasteiger partial charge in [0, 0.05) is 19.8 Å². The first-order valence-electron chi connectivity index (χ1n) is 7.74. The van der Waals surface area contributed by atoms with Crippen LogP contribution in [0.4, 0.5) is 0 Å². The third-order valence-electron chi connectivity index (χ3n) is 3.78. The minimum absolute atomic E-state index is 0.119. The highest BCUT2D eigenvalue weighted by molar-refractivity contribution is 6.70. The summed E-state index contributed by atoms with van der Waals surface area (Å²) >= 11 is 4.76. The zero-order valence-electron chi connectivity index (χ0n) is 13.5. The topological polar surface area (TPSA) is 27.7 Å². The highest BCUT2D eigenvalue weighted by Crippen LogP contribution is 2.42. The highest BCUT2D eigenvalue weighted by atomic mass is 35.5. The van der Waals surface area contributed by atoms with E-state index in [1.54, 1.807) is 0 Å². The van der Waals surface area contributed by atoms with Crippen LogP contribution in [0.2, 0.25) is 6.04 Å². The van der Waals surface area contributed by atoms with E-state index in [-0.39, 0.29) is 5.22 Å². The van der Waals surface area contributed by atoms with Gasteiger partial charge in [0.1, 0.15) is 5.22 Å². The Hall–Kier alpha value is 0.127. The molecule has 3 nitrogen and oxygen atoms in total. The zero-order chi connectivity index (χ0) is 15.5. The molecule has 1 heterocycles. The van der Waals surface area contributed by atoms with Gasteiger partial charge in [-0.2, -0.15) is 0 Å². The van der Waals surface area contributed by atoms with E-state index in [1.165, 1.54) is 18.4 Å². The molecule has 0 spiro atoms. The number of rotatable bonds is 7. The Morgan fingerprint density at radius 2 is 1.65 bits per heavy atom. The van der Waals surface area contributed by atoms with E-state index >= 15 is 0 Å². The van der Waals surface area contributed by atoms with Crippen molar-refractivity contribution in [2.75, 3.05) is 19.8 Å². The van der Waals surface area contributed by atoms with Crippen molar-refractivity contribution in [3.05, 3.63) is 12.1 Å². The molecular weight excluding hydrogens is 292 g/mol. The lowest BCUT2D eigenvalue weighted by Crippen LogP contribution is -2.65. The van der Waals surface area contributed by atoms with Gasteiger partial charge in [-0.05, 0) is 45.2 Å². The Morgan fingerprint density at radius 3 is 2.05 bits per heavy atom. The van der Waals surface area contributed by atoms with Gasteiger partial charge < -0.3 is 13.6 Å². The Labute approximate surface area is 130 Å². The Balaban J connectivity index is 0.00000110. The standard InChI is InChI=1S/C13H28O3Si.C2H3Cl/c1-5-13(14-6-2)11-9-10-12-17(13,15-7-3)16-8-4;1-2-3/h5-12H2,1-4H3;2H,1H2. The van der Waals surface area contributed by atoms with E-state index in [0.717, 1.165) is 38.7 Å². The lowest BCUT2D eigenvalue weighted by atomic mass is 10.1. The monoisotopic (exact) mass is 322 g/mol. The highest BCUT2D eigenvalue weighted by Gasteiger charge is 2.58. The first-order valence-corrected chi connectivity index (χ1v) is 10.2. The van der Waals surface area contributed by atoms with Crippen molar-refractivity contribution < 1.29 is 13.6 Å². The van der Waals surface area contributed by atoms with E-state index in [1.807, 2.05) is 0 Å². The van der Waals surface area contributed by atoms with E-state index in [4.69, 9.17) is 25.2 Å². The Kier molecular flexibility index (Phi) is 10.9. The molecule has 0 aromatic rings. The maximum Gasteiger partial charge on any atom is 0.371 e. The Morgan fingerprint density at radius 1 is 1.10 bits per heavy atom. The maximum absolute atomic E-state index is 6.16. The van der Waals surface area contributed by atoms with Gasteiger partial charge in [0.2, 0.25) is 0 Å². The molecule has 0 radical (unpaired) electrons. The van der Waals surface area contributed by atoms with Crippen molar-refractivity contribution in [3.63, 3.8) is 0 Å². The van der Waals surface area contributed by atoms with Gasteiger partial charge in [-0.1, -0.05) is 37.9 Å². The molecule has 0 saturated carbocycles. The molecule has 1 aliphatic rings. The van der Waals surface area contributed by atoms with Crippen molar-refractivity contribution in [1.29, 1.82) is 0 Å². The second-order valence-electron chi connectivity index (χ2n) is 4.76.